The standard InChI is InChI=1S/C14H13N3/c1-10(11-6-3-2-4-7-11)13-16-12-8-5-9-15-14(12)17-13/h2-10H,1H3,(H,15,16,17). The van der Waals surface area contributed by atoms with Crippen LogP contribution < -0.4 is 0 Å². The minimum absolute atomic E-state index is 0.255. The largest absolute Gasteiger partial charge is 0.340 e. The molecule has 3 aromatic rings. The molecule has 0 amide bonds. The number of nitrogens with zero attached hydrogens (tertiary/aromatic N) is 2. The predicted octanol–water partition coefficient (Wildman–Crippen LogP) is 3.11. The van der Waals surface area contributed by atoms with Crippen molar-refractivity contribution in [2.75, 3.05) is 0 Å². The highest BCUT2D eigenvalue weighted by molar-refractivity contribution is 5.70. The Morgan fingerprint density at radius 3 is 2.65 bits per heavy atom. The summed E-state index contributed by atoms with van der Waals surface area (Å²) in [6.45, 7) is 2.15. The normalized spacial score (nSPS) is 12.8. The van der Waals surface area contributed by atoms with Crippen LogP contribution in [0.25, 0.3) is 11.2 Å². The van der Waals surface area contributed by atoms with E-state index in [0.29, 0.717) is 0 Å². The van der Waals surface area contributed by atoms with Crippen molar-refractivity contribution in [3.05, 3.63) is 60.0 Å². The number of nitrogens with one attached hydrogen (secondary N) is 1. The molecule has 0 aliphatic heterocycles. The van der Waals surface area contributed by atoms with E-state index in [2.05, 4.69) is 34.0 Å². The number of rotatable bonds is 2. The molecule has 2 aromatic heterocycles. The van der Waals surface area contributed by atoms with Crippen LogP contribution in [0.5, 0.6) is 0 Å². The van der Waals surface area contributed by atoms with E-state index in [1.165, 1.54) is 5.56 Å². The summed E-state index contributed by atoms with van der Waals surface area (Å²) in [6, 6.07) is 14.3. The third-order valence-corrected chi connectivity index (χ3v) is 2.99. The molecule has 2 heterocycles. The molecule has 0 saturated carbocycles. The molecule has 0 fully saturated rings. The molecule has 0 saturated heterocycles. The van der Waals surface area contributed by atoms with Crippen molar-refractivity contribution in [3.63, 3.8) is 0 Å². The third kappa shape index (κ3) is 1.80. The van der Waals surface area contributed by atoms with Crippen LogP contribution in [-0.4, -0.2) is 15.0 Å². The number of fused-ring (bicyclic) bond motifs is 1. The lowest BCUT2D eigenvalue weighted by Gasteiger charge is -2.07. The summed E-state index contributed by atoms with van der Waals surface area (Å²) in [5.74, 6) is 1.22. The van der Waals surface area contributed by atoms with Gasteiger partial charge in [-0.25, -0.2) is 9.97 Å². The van der Waals surface area contributed by atoms with Gasteiger partial charge in [0, 0.05) is 12.1 Å². The van der Waals surface area contributed by atoms with E-state index >= 15 is 0 Å². The fourth-order valence-corrected chi connectivity index (χ4v) is 1.97. The van der Waals surface area contributed by atoms with Gasteiger partial charge < -0.3 is 4.98 Å². The quantitative estimate of drug-likeness (QED) is 0.725. The maximum absolute atomic E-state index is 4.52. The Kier molecular flexibility index (Phi) is 2.37. The van der Waals surface area contributed by atoms with Crippen molar-refractivity contribution < 1.29 is 0 Å². The van der Waals surface area contributed by atoms with Crippen LogP contribution in [-0.2, 0) is 0 Å². The van der Waals surface area contributed by atoms with E-state index < -0.39 is 0 Å². The van der Waals surface area contributed by atoms with Crippen LogP contribution in [0.3, 0.4) is 0 Å². The van der Waals surface area contributed by atoms with Gasteiger partial charge in [0.05, 0.1) is 5.52 Å². The number of pyridine rings is 1. The van der Waals surface area contributed by atoms with E-state index in [4.69, 9.17) is 0 Å². The van der Waals surface area contributed by atoms with Crippen LogP contribution in [0.1, 0.15) is 24.2 Å². The van der Waals surface area contributed by atoms with Crippen molar-refractivity contribution in [1.29, 1.82) is 0 Å². The number of aromatic amines is 1. The van der Waals surface area contributed by atoms with Crippen molar-refractivity contribution >= 4 is 11.2 Å². The van der Waals surface area contributed by atoms with Crippen molar-refractivity contribution in [3.8, 4) is 0 Å². The van der Waals surface area contributed by atoms with Gasteiger partial charge in [-0.15, -0.1) is 0 Å². The summed E-state index contributed by atoms with van der Waals surface area (Å²) in [4.78, 5) is 12.1. The molecule has 3 nitrogen and oxygen atoms in total. The van der Waals surface area contributed by atoms with Crippen molar-refractivity contribution in [2.24, 2.45) is 0 Å². The fraction of sp³-hybridized carbons (Fsp3) is 0.143. The minimum atomic E-state index is 0.255. The van der Waals surface area contributed by atoms with Crippen LogP contribution in [0, 0.1) is 0 Å². The third-order valence-electron chi connectivity index (χ3n) is 2.99. The molecule has 1 aromatic carbocycles. The highest BCUT2D eigenvalue weighted by Gasteiger charge is 2.12. The zero-order chi connectivity index (χ0) is 11.7. The lowest BCUT2D eigenvalue weighted by molar-refractivity contribution is 0.844. The molecule has 0 aliphatic carbocycles. The van der Waals surface area contributed by atoms with E-state index in [1.54, 1.807) is 6.20 Å². The first-order valence-electron chi connectivity index (χ1n) is 5.70. The zero-order valence-electron chi connectivity index (χ0n) is 9.59. The van der Waals surface area contributed by atoms with Crippen molar-refractivity contribution in [1.82, 2.24) is 15.0 Å². The Morgan fingerprint density at radius 1 is 1.06 bits per heavy atom. The molecule has 1 N–H and O–H groups in total. The van der Waals surface area contributed by atoms with Crippen LogP contribution in [0.15, 0.2) is 48.7 Å². The molecule has 0 aliphatic rings. The Hall–Kier alpha value is -2.16. The highest BCUT2D eigenvalue weighted by atomic mass is 15.0. The summed E-state index contributed by atoms with van der Waals surface area (Å²) in [7, 11) is 0. The number of aromatic nitrogens is 3. The number of benzene rings is 1. The van der Waals surface area contributed by atoms with Gasteiger partial charge in [-0.05, 0) is 17.7 Å². The first kappa shape index (κ1) is 10.0. The molecule has 3 heteroatoms. The van der Waals surface area contributed by atoms with Crippen LogP contribution in [0.4, 0.5) is 0 Å². The van der Waals surface area contributed by atoms with Gasteiger partial charge in [0.2, 0.25) is 0 Å². The van der Waals surface area contributed by atoms with Gasteiger partial charge in [0.15, 0.2) is 5.65 Å². The van der Waals surface area contributed by atoms with E-state index in [0.717, 1.165) is 17.0 Å². The molecular formula is C14H13N3. The molecule has 0 spiro atoms. The van der Waals surface area contributed by atoms with E-state index in [9.17, 15) is 0 Å². The average molecular weight is 223 g/mol. The predicted molar refractivity (Wildman–Crippen MR) is 67.8 cm³/mol. The van der Waals surface area contributed by atoms with Gasteiger partial charge in [0.1, 0.15) is 5.82 Å². The topological polar surface area (TPSA) is 41.6 Å². The fourth-order valence-electron chi connectivity index (χ4n) is 1.97. The van der Waals surface area contributed by atoms with Gasteiger partial charge in [0.25, 0.3) is 0 Å². The second kappa shape index (κ2) is 4.01. The molecule has 0 radical (unpaired) electrons. The Labute approximate surface area is 99.5 Å². The monoisotopic (exact) mass is 223 g/mol. The Balaban J connectivity index is 2.04. The average Bonchev–Trinajstić information content (AvgIpc) is 2.82. The lowest BCUT2D eigenvalue weighted by atomic mass is 10.0. The molecule has 3 rings (SSSR count). The molecule has 0 bridgehead atoms. The number of H-pyrrole nitrogens is 1. The summed E-state index contributed by atoms with van der Waals surface area (Å²) in [5, 5.41) is 0. The van der Waals surface area contributed by atoms with E-state index in [1.807, 2.05) is 30.3 Å². The SMILES string of the molecule is CC(c1ccccc1)c1nc2ncccc2[nH]1. The molecular weight excluding hydrogens is 210 g/mol. The molecule has 1 unspecified atom stereocenters. The number of hydrogen-bond acceptors (Lipinski definition) is 2. The van der Waals surface area contributed by atoms with Crippen LogP contribution >= 0.6 is 0 Å². The first-order chi connectivity index (χ1) is 8.34. The van der Waals surface area contributed by atoms with Crippen molar-refractivity contribution in [2.45, 2.75) is 12.8 Å². The van der Waals surface area contributed by atoms with E-state index in [-0.39, 0.29) is 5.92 Å². The first-order valence-corrected chi connectivity index (χ1v) is 5.70. The minimum Gasteiger partial charge on any atom is -0.340 e. The van der Waals surface area contributed by atoms with Crippen LogP contribution in [0.2, 0.25) is 0 Å². The smallest absolute Gasteiger partial charge is 0.177 e. The lowest BCUT2D eigenvalue weighted by Crippen LogP contribution is -1.97. The number of hydrogen-bond donors (Lipinski definition) is 1. The summed E-state index contributed by atoms with van der Waals surface area (Å²) >= 11 is 0. The Morgan fingerprint density at radius 2 is 1.88 bits per heavy atom. The summed E-state index contributed by atoms with van der Waals surface area (Å²) in [6.07, 6.45) is 1.76. The highest BCUT2D eigenvalue weighted by Crippen LogP contribution is 2.22. The summed E-state index contributed by atoms with van der Waals surface area (Å²) < 4.78 is 0. The second-order valence-electron chi connectivity index (χ2n) is 4.13. The zero-order valence-corrected chi connectivity index (χ0v) is 9.59. The molecule has 84 valence electrons. The van der Waals surface area contributed by atoms with Gasteiger partial charge in [-0.1, -0.05) is 37.3 Å². The maximum Gasteiger partial charge on any atom is 0.177 e. The number of imidazole rings is 1. The maximum atomic E-state index is 4.52. The molecule has 17 heavy (non-hydrogen) atoms. The van der Waals surface area contributed by atoms with Gasteiger partial charge >= 0.3 is 0 Å². The summed E-state index contributed by atoms with van der Waals surface area (Å²) in [5.41, 5.74) is 3.03. The van der Waals surface area contributed by atoms with Gasteiger partial charge in [-0.2, -0.15) is 0 Å². The molecule has 1 atom stereocenters. The Bertz CT molecular complexity index is 595. The van der Waals surface area contributed by atoms with Gasteiger partial charge in [-0.3, -0.25) is 0 Å². The second-order valence-corrected chi connectivity index (χ2v) is 4.13.